The molecule has 0 aliphatic rings. The maximum absolute atomic E-state index is 14.5. The third-order valence-corrected chi connectivity index (χ3v) is 7.62. The van der Waals surface area contributed by atoms with Gasteiger partial charge in [-0.2, -0.15) is 0 Å². The second-order valence-corrected chi connectivity index (χ2v) is 12.5. The van der Waals surface area contributed by atoms with Gasteiger partial charge >= 0.3 is 6.09 Å². The molecule has 3 unspecified atom stereocenters. The molecule has 0 aliphatic carbocycles. The molecule has 3 amide bonds. The van der Waals surface area contributed by atoms with Gasteiger partial charge in [0.15, 0.2) is 0 Å². The first-order valence-corrected chi connectivity index (χ1v) is 15.5. The van der Waals surface area contributed by atoms with Crippen molar-refractivity contribution < 1.29 is 19.1 Å². The first-order chi connectivity index (χ1) is 19.8. The third-order valence-electron chi connectivity index (χ3n) is 7.62. The van der Waals surface area contributed by atoms with E-state index in [2.05, 4.69) is 17.6 Å². The molecule has 232 valence electrons. The average Bonchev–Trinajstić information content (AvgIpc) is 2.92. The number of unbranched alkanes of at least 4 members (excludes halogenated alkanes) is 4. The third kappa shape index (κ3) is 10.5. The zero-order valence-corrected chi connectivity index (χ0v) is 27.3. The van der Waals surface area contributed by atoms with Crippen LogP contribution in [0, 0.1) is 26.7 Å². The molecule has 0 saturated heterocycles. The number of ether oxygens (including phenoxy) is 1. The molecular weight excluding hydrogens is 526 g/mol. The van der Waals surface area contributed by atoms with E-state index >= 15 is 0 Å². The Hall–Kier alpha value is -3.35. The summed E-state index contributed by atoms with van der Waals surface area (Å²) < 4.78 is 5.53. The fourth-order valence-corrected chi connectivity index (χ4v) is 4.97. The van der Waals surface area contributed by atoms with E-state index in [4.69, 9.17) is 4.74 Å². The number of carbonyl (C=O) groups excluding carboxylic acids is 3. The van der Waals surface area contributed by atoms with Crippen molar-refractivity contribution >= 4 is 23.6 Å². The molecule has 7 nitrogen and oxygen atoms in total. The minimum Gasteiger partial charge on any atom is -0.444 e. The molecule has 2 rings (SSSR count). The number of hydrogen-bond acceptors (Lipinski definition) is 4. The molecule has 2 aromatic rings. The van der Waals surface area contributed by atoms with E-state index in [1.807, 2.05) is 77.1 Å². The van der Waals surface area contributed by atoms with E-state index in [1.165, 1.54) is 0 Å². The number of anilines is 1. The number of hydrogen-bond donors (Lipinski definition) is 2. The molecule has 2 aromatic carbocycles. The fraction of sp³-hybridized carbons (Fsp3) is 0.571. The quantitative estimate of drug-likeness (QED) is 0.222. The largest absolute Gasteiger partial charge is 0.444 e. The number of carbonyl (C=O) groups is 3. The van der Waals surface area contributed by atoms with Gasteiger partial charge in [-0.3, -0.25) is 9.59 Å². The molecule has 0 fully saturated rings. The van der Waals surface area contributed by atoms with Crippen LogP contribution in [-0.2, 0) is 14.3 Å². The molecule has 0 radical (unpaired) electrons. The Kier molecular flexibility index (Phi) is 13.5. The molecule has 0 bridgehead atoms. The maximum Gasteiger partial charge on any atom is 0.408 e. The Morgan fingerprint density at radius 3 is 2.02 bits per heavy atom. The van der Waals surface area contributed by atoms with E-state index in [1.54, 1.807) is 25.7 Å². The first kappa shape index (κ1) is 34.8. The summed E-state index contributed by atoms with van der Waals surface area (Å²) in [7, 11) is 0. The molecule has 0 saturated carbocycles. The Morgan fingerprint density at radius 2 is 1.48 bits per heavy atom. The van der Waals surface area contributed by atoms with Crippen molar-refractivity contribution in [3.05, 3.63) is 64.7 Å². The second kappa shape index (κ2) is 16.3. The van der Waals surface area contributed by atoms with Crippen molar-refractivity contribution in [3.8, 4) is 0 Å². The lowest BCUT2D eigenvalue weighted by Crippen LogP contribution is -2.55. The average molecular weight is 580 g/mol. The predicted molar refractivity (Wildman–Crippen MR) is 172 cm³/mol. The number of rotatable bonds is 14. The SMILES string of the molecule is CCCCCCCN(C(=O)C(NC(=O)OC(C)(C)C)C(C)CC)C(C(=O)Nc1c(C)cccc1C)c1ccc(C)cc1. The minimum absolute atomic E-state index is 0.173. The summed E-state index contributed by atoms with van der Waals surface area (Å²) in [4.78, 5) is 43.3. The van der Waals surface area contributed by atoms with E-state index in [-0.39, 0.29) is 17.7 Å². The van der Waals surface area contributed by atoms with Crippen molar-refractivity contribution in [1.82, 2.24) is 10.2 Å². The molecule has 0 aliphatic heterocycles. The number of para-hydroxylation sites is 1. The van der Waals surface area contributed by atoms with Gasteiger partial charge in [0.05, 0.1) is 0 Å². The van der Waals surface area contributed by atoms with Crippen LogP contribution in [0.4, 0.5) is 10.5 Å². The van der Waals surface area contributed by atoms with E-state index in [9.17, 15) is 14.4 Å². The summed E-state index contributed by atoms with van der Waals surface area (Å²) >= 11 is 0. The summed E-state index contributed by atoms with van der Waals surface area (Å²) in [6.07, 6.45) is 5.03. The lowest BCUT2D eigenvalue weighted by Gasteiger charge is -2.36. The number of aryl methyl sites for hydroxylation is 3. The van der Waals surface area contributed by atoms with Crippen LogP contribution in [0.2, 0.25) is 0 Å². The minimum atomic E-state index is -0.879. The molecule has 0 aromatic heterocycles. The molecule has 2 N–H and O–H groups in total. The lowest BCUT2D eigenvalue weighted by molar-refractivity contribution is -0.142. The van der Waals surface area contributed by atoms with Gasteiger partial charge in [-0.25, -0.2) is 4.79 Å². The molecular formula is C35H53N3O4. The maximum atomic E-state index is 14.5. The standard InChI is InChI=1S/C35H53N3O4/c1-10-12-13-14-15-23-38(33(40)30(25(4)11-2)37-34(41)42-35(7,8)9)31(28-21-19-24(3)20-22-28)32(39)36-29-26(5)17-16-18-27(29)6/h16-22,25,30-31H,10-15,23H2,1-9H3,(H,36,39)(H,37,41). The Morgan fingerprint density at radius 1 is 0.881 bits per heavy atom. The Bertz CT molecular complexity index is 1150. The van der Waals surface area contributed by atoms with Gasteiger partial charge < -0.3 is 20.3 Å². The smallest absolute Gasteiger partial charge is 0.408 e. The Balaban J connectivity index is 2.58. The van der Waals surface area contributed by atoms with Crippen LogP contribution in [0.25, 0.3) is 0 Å². The highest BCUT2D eigenvalue weighted by molar-refractivity contribution is 6.00. The van der Waals surface area contributed by atoms with Crippen LogP contribution in [0.1, 0.15) is 108 Å². The summed E-state index contributed by atoms with van der Waals surface area (Å²) in [6, 6.07) is 11.9. The van der Waals surface area contributed by atoms with Crippen molar-refractivity contribution in [3.63, 3.8) is 0 Å². The second-order valence-electron chi connectivity index (χ2n) is 12.5. The molecule has 0 spiro atoms. The van der Waals surface area contributed by atoms with E-state index < -0.39 is 23.8 Å². The molecule has 0 heterocycles. The summed E-state index contributed by atoms with van der Waals surface area (Å²) in [5.74, 6) is -0.737. The van der Waals surface area contributed by atoms with Crippen LogP contribution in [0.15, 0.2) is 42.5 Å². The van der Waals surface area contributed by atoms with Crippen molar-refractivity contribution in [2.45, 2.75) is 119 Å². The topological polar surface area (TPSA) is 87.7 Å². The number of benzene rings is 2. The highest BCUT2D eigenvalue weighted by Crippen LogP contribution is 2.29. The highest BCUT2D eigenvalue weighted by atomic mass is 16.6. The van der Waals surface area contributed by atoms with Gasteiger partial charge in [0.1, 0.15) is 17.7 Å². The van der Waals surface area contributed by atoms with Crippen LogP contribution in [0.3, 0.4) is 0 Å². The van der Waals surface area contributed by atoms with Gasteiger partial charge in [-0.05, 0) is 70.6 Å². The summed E-state index contributed by atoms with van der Waals surface area (Å²) in [5, 5.41) is 6.00. The van der Waals surface area contributed by atoms with Crippen LogP contribution in [0.5, 0.6) is 0 Å². The van der Waals surface area contributed by atoms with Crippen LogP contribution >= 0.6 is 0 Å². The van der Waals surface area contributed by atoms with E-state index in [0.717, 1.165) is 60.0 Å². The van der Waals surface area contributed by atoms with Crippen LogP contribution in [-0.4, -0.2) is 41.0 Å². The van der Waals surface area contributed by atoms with Gasteiger partial charge in [-0.1, -0.05) is 101 Å². The van der Waals surface area contributed by atoms with Gasteiger partial charge in [0, 0.05) is 12.2 Å². The first-order valence-electron chi connectivity index (χ1n) is 15.5. The van der Waals surface area contributed by atoms with Gasteiger partial charge in [0.25, 0.3) is 5.91 Å². The highest BCUT2D eigenvalue weighted by Gasteiger charge is 2.38. The number of alkyl carbamates (subject to hydrolysis) is 1. The predicted octanol–water partition coefficient (Wildman–Crippen LogP) is 8.03. The lowest BCUT2D eigenvalue weighted by atomic mass is 9.95. The number of nitrogens with zero attached hydrogens (tertiary/aromatic N) is 1. The number of amides is 3. The molecule has 42 heavy (non-hydrogen) atoms. The fourth-order valence-electron chi connectivity index (χ4n) is 4.97. The van der Waals surface area contributed by atoms with Crippen molar-refractivity contribution in [1.29, 1.82) is 0 Å². The van der Waals surface area contributed by atoms with Crippen molar-refractivity contribution in [2.75, 3.05) is 11.9 Å². The Labute approximate surface area is 253 Å². The molecule has 7 heteroatoms. The van der Waals surface area contributed by atoms with E-state index in [0.29, 0.717) is 13.0 Å². The van der Waals surface area contributed by atoms with Gasteiger partial charge in [-0.15, -0.1) is 0 Å². The summed E-state index contributed by atoms with van der Waals surface area (Å²) in [5.41, 5.74) is 3.74. The van der Waals surface area contributed by atoms with Crippen molar-refractivity contribution in [2.24, 2.45) is 5.92 Å². The normalized spacial score (nSPS) is 13.5. The van der Waals surface area contributed by atoms with Gasteiger partial charge in [0.2, 0.25) is 5.91 Å². The summed E-state index contributed by atoms with van der Waals surface area (Å²) in [6.45, 7) is 17.8. The monoisotopic (exact) mass is 579 g/mol. The van der Waals surface area contributed by atoms with Crippen LogP contribution < -0.4 is 10.6 Å². The zero-order chi connectivity index (χ0) is 31.4. The number of nitrogens with one attached hydrogen (secondary N) is 2. The molecule has 3 atom stereocenters. The zero-order valence-electron chi connectivity index (χ0n) is 27.3.